The van der Waals surface area contributed by atoms with Crippen molar-refractivity contribution in [3.63, 3.8) is 0 Å². The fraction of sp³-hybridized carbons (Fsp3) is 0.158. The molecule has 2 nitrogen and oxygen atoms in total. The molecule has 0 fully saturated rings. The second kappa shape index (κ2) is 5.49. The minimum Gasteiger partial charge on any atom is -0.252 e. The van der Waals surface area contributed by atoms with E-state index in [1.807, 2.05) is 12.4 Å². The lowest BCUT2D eigenvalue weighted by Crippen LogP contribution is -1.91. The zero-order chi connectivity index (χ0) is 14.8. The topological polar surface area (TPSA) is 25.8 Å². The van der Waals surface area contributed by atoms with Crippen LogP contribution in [0.15, 0.2) is 54.9 Å². The molecule has 0 atom stereocenters. The maximum atomic E-state index is 4.58. The van der Waals surface area contributed by atoms with Crippen molar-refractivity contribution >= 4 is 0 Å². The number of nitrogens with zero attached hydrogens (tertiary/aromatic N) is 2. The number of hydrogen-bond acceptors (Lipinski definition) is 2. The predicted octanol–water partition coefficient (Wildman–Crippen LogP) is 4.74. The molecule has 2 aromatic carbocycles. The van der Waals surface area contributed by atoms with Gasteiger partial charge in [-0.3, -0.25) is 9.97 Å². The average molecular weight is 274 g/mol. The van der Waals surface area contributed by atoms with Crippen molar-refractivity contribution in [2.24, 2.45) is 0 Å². The third-order valence-corrected chi connectivity index (χ3v) is 3.66. The van der Waals surface area contributed by atoms with Gasteiger partial charge < -0.3 is 0 Å². The molecule has 1 heterocycles. The Bertz CT molecular complexity index is 757. The highest BCUT2D eigenvalue weighted by Gasteiger charge is 2.05. The van der Waals surface area contributed by atoms with Gasteiger partial charge in [0.15, 0.2) is 0 Å². The third-order valence-electron chi connectivity index (χ3n) is 3.66. The minimum atomic E-state index is 0.906. The van der Waals surface area contributed by atoms with Crippen molar-refractivity contribution in [1.82, 2.24) is 9.97 Å². The van der Waals surface area contributed by atoms with Crippen LogP contribution in [0.25, 0.3) is 22.5 Å². The van der Waals surface area contributed by atoms with Gasteiger partial charge in [0.25, 0.3) is 0 Å². The molecule has 0 bridgehead atoms. The molecule has 0 spiro atoms. The molecule has 3 rings (SSSR count). The maximum Gasteiger partial charge on any atom is 0.0888 e. The third kappa shape index (κ3) is 2.84. The number of hydrogen-bond donors (Lipinski definition) is 0. The zero-order valence-electron chi connectivity index (χ0n) is 12.6. The summed E-state index contributed by atoms with van der Waals surface area (Å²) in [6.45, 7) is 6.29. The monoisotopic (exact) mass is 274 g/mol. The van der Waals surface area contributed by atoms with Gasteiger partial charge >= 0.3 is 0 Å². The van der Waals surface area contributed by atoms with E-state index in [9.17, 15) is 0 Å². The highest BCUT2D eigenvalue weighted by molar-refractivity contribution is 5.65. The maximum absolute atomic E-state index is 4.58. The van der Waals surface area contributed by atoms with Crippen LogP contribution in [0.2, 0.25) is 0 Å². The lowest BCUT2D eigenvalue weighted by atomic mass is 10.0. The van der Waals surface area contributed by atoms with Crippen LogP contribution in [0, 0.1) is 20.8 Å². The Hall–Kier alpha value is -2.48. The molecule has 104 valence electrons. The van der Waals surface area contributed by atoms with Crippen LogP contribution in [0.4, 0.5) is 0 Å². The summed E-state index contributed by atoms with van der Waals surface area (Å²) in [5, 5.41) is 0. The van der Waals surface area contributed by atoms with Crippen molar-refractivity contribution in [3.8, 4) is 22.5 Å². The molecule has 0 saturated carbocycles. The summed E-state index contributed by atoms with van der Waals surface area (Å²) in [6.07, 6.45) is 3.70. The molecule has 0 N–H and O–H groups in total. The van der Waals surface area contributed by atoms with Gasteiger partial charge in [-0.15, -0.1) is 0 Å². The van der Waals surface area contributed by atoms with Crippen molar-refractivity contribution in [2.75, 3.05) is 0 Å². The van der Waals surface area contributed by atoms with Crippen molar-refractivity contribution in [2.45, 2.75) is 20.8 Å². The van der Waals surface area contributed by atoms with Gasteiger partial charge in [-0.2, -0.15) is 0 Å². The van der Waals surface area contributed by atoms with E-state index in [0.29, 0.717) is 0 Å². The standard InChI is InChI=1S/C19H18N2/c1-13-4-7-16(8-5-13)18-11-21-19(12-20-18)17-9-6-14(2)10-15(17)3/h4-12H,1-3H3. The van der Waals surface area contributed by atoms with Crippen molar-refractivity contribution < 1.29 is 0 Å². The van der Waals surface area contributed by atoms with E-state index in [1.165, 1.54) is 16.7 Å². The Balaban J connectivity index is 1.95. The summed E-state index contributed by atoms with van der Waals surface area (Å²) in [6, 6.07) is 14.7. The Labute approximate surface area is 125 Å². The van der Waals surface area contributed by atoms with Gasteiger partial charge in [-0.05, 0) is 26.3 Å². The molecular formula is C19H18N2. The van der Waals surface area contributed by atoms with Crippen LogP contribution in [-0.2, 0) is 0 Å². The van der Waals surface area contributed by atoms with Crippen LogP contribution < -0.4 is 0 Å². The highest BCUT2D eigenvalue weighted by Crippen LogP contribution is 2.23. The van der Waals surface area contributed by atoms with E-state index in [4.69, 9.17) is 0 Å². The quantitative estimate of drug-likeness (QED) is 0.674. The molecule has 0 aliphatic heterocycles. The van der Waals surface area contributed by atoms with Gasteiger partial charge in [0.1, 0.15) is 0 Å². The molecule has 1 aromatic heterocycles. The molecular weight excluding hydrogens is 256 g/mol. The molecule has 0 aliphatic carbocycles. The number of benzene rings is 2. The Morgan fingerprint density at radius 1 is 0.667 bits per heavy atom. The summed E-state index contributed by atoms with van der Waals surface area (Å²) >= 11 is 0. The number of rotatable bonds is 2. The molecule has 0 amide bonds. The zero-order valence-corrected chi connectivity index (χ0v) is 12.6. The molecule has 0 aliphatic rings. The molecule has 0 unspecified atom stereocenters. The van der Waals surface area contributed by atoms with Crippen LogP contribution in [0.3, 0.4) is 0 Å². The van der Waals surface area contributed by atoms with Crippen LogP contribution in [-0.4, -0.2) is 9.97 Å². The first-order valence-electron chi connectivity index (χ1n) is 7.10. The summed E-state index contributed by atoms with van der Waals surface area (Å²) in [5.41, 5.74) is 7.81. The van der Waals surface area contributed by atoms with E-state index >= 15 is 0 Å². The van der Waals surface area contributed by atoms with Gasteiger partial charge in [0.05, 0.1) is 23.8 Å². The molecule has 2 heteroatoms. The Morgan fingerprint density at radius 3 is 1.90 bits per heavy atom. The van der Waals surface area contributed by atoms with Crippen LogP contribution in [0.1, 0.15) is 16.7 Å². The summed E-state index contributed by atoms with van der Waals surface area (Å²) in [7, 11) is 0. The second-order valence-electron chi connectivity index (χ2n) is 5.47. The van der Waals surface area contributed by atoms with Crippen LogP contribution in [0.5, 0.6) is 0 Å². The molecule has 0 radical (unpaired) electrons. The van der Waals surface area contributed by atoms with E-state index in [0.717, 1.165) is 22.5 Å². The lowest BCUT2D eigenvalue weighted by Gasteiger charge is -2.07. The van der Waals surface area contributed by atoms with Gasteiger partial charge in [0.2, 0.25) is 0 Å². The summed E-state index contributed by atoms with van der Waals surface area (Å²) < 4.78 is 0. The smallest absolute Gasteiger partial charge is 0.0888 e. The van der Waals surface area contributed by atoms with Gasteiger partial charge in [-0.1, -0.05) is 53.6 Å². The van der Waals surface area contributed by atoms with Crippen molar-refractivity contribution in [1.29, 1.82) is 0 Å². The first kappa shape index (κ1) is 13.5. The minimum absolute atomic E-state index is 0.906. The fourth-order valence-electron chi connectivity index (χ4n) is 2.44. The average Bonchev–Trinajstić information content (AvgIpc) is 2.48. The lowest BCUT2D eigenvalue weighted by molar-refractivity contribution is 1.20. The van der Waals surface area contributed by atoms with E-state index in [1.54, 1.807) is 0 Å². The predicted molar refractivity (Wildman–Crippen MR) is 87.1 cm³/mol. The van der Waals surface area contributed by atoms with E-state index in [-0.39, 0.29) is 0 Å². The fourth-order valence-corrected chi connectivity index (χ4v) is 2.44. The number of aryl methyl sites for hydroxylation is 3. The van der Waals surface area contributed by atoms with Gasteiger partial charge in [-0.25, -0.2) is 0 Å². The SMILES string of the molecule is Cc1ccc(-c2cnc(-c3ccc(C)cc3C)cn2)cc1. The van der Waals surface area contributed by atoms with E-state index in [2.05, 4.69) is 73.2 Å². The normalized spacial score (nSPS) is 10.6. The number of aromatic nitrogens is 2. The molecule has 21 heavy (non-hydrogen) atoms. The Morgan fingerprint density at radius 2 is 1.29 bits per heavy atom. The van der Waals surface area contributed by atoms with Crippen molar-refractivity contribution in [3.05, 3.63) is 71.5 Å². The molecule has 3 aromatic rings. The van der Waals surface area contributed by atoms with E-state index < -0.39 is 0 Å². The summed E-state index contributed by atoms with van der Waals surface area (Å²) in [5.74, 6) is 0. The summed E-state index contributed by atoms with van der Waals surface area (Å²) in [4.78, 5) is 9.13. The highest BCUT2D eigenvalue weighted by atomic mass is 14.8. The second-order valence-corrected chi connectivity index (χ2v) is 5.47. The largest absolute Gasteiger partial charge is 0.252 e. The first-order chi connectivity index (χ1) is 10.1. The first-order valence-corrected chi connectivity index (χ1v) is 7.10. The Kier molecular flexibility index (Phi) is 3.53. The van der Waals surface area contributed by atoms with Crippen LogP contribution >= 0.6 is 0 Å². The molecule has 0 saturated heterocycles. The van der Waals surface area contributed by atoms with Gasteiger partial charge in [0, 0.05) is 11.1 Å².